The van der Waals surface area contributed by atoms with Gasteiger partial charge in [0.15, 0.2) is 0 Å². The molecule has 0 nitrogen and oxygen atoms in total. The summed E-state index contributed by atoms with van der Waals surface area (Å²) in [5.41, 5.74) is 4.06. The van der Waals surface area contributed by atoms with Gasteiger partial charge in [-0.05, 0) is 20.8 Å². The summed E-state index contributed by atoms with van der Waals surface area (Å²) in [6, 6.07) is 6.56. The molecule has 54 valence electrons. The van der Waals surface area contributed by atoms with Gasteiger partial charge in [-0.15, -0.1) is 0 Å². The third-order valence-corrected chi connectivity index (χ3v) is 1.37. The molecule has 0 N–H and O–H groups in total. The van der Waals surface area contributed by atoms with Crippen LogP contribution in [0.4, 0.5) is 0 Å². The van der Waals surface area contributed by atoms with Crippen LogP contribution in [-0.2, 0) is 19.5 Å². The van der Waals surface area contributed by atoms with E-state index in [2.05, 4.69) is 39.0 Å². The van der Waals surface area contributed by atoms with Gasteiger partial charge < -0.3 is 0 Å². The first-order valence-corrected chi connectivity index (χ1v) is 3.23. The molecule has 0 bridgehead atoms. The summed E-state index contributed by atoms with van der Waals surface area (Å²) in [5.74, 6) is 0. The van der Waals surface area contributed by atoms with E-state index in [0.717, 1.165) is 0 Å². The SMILES string of the molecule is Cc1cc(C)cc(C)c1.[Ru+2]. The summed E-state index contributed by atoms with van der Waals surface area (Å²) in [5, 5.41) is 0. The van der Waals surface area contributed by atoms with Crippen LogP contribution in [0, 0.1) is 20.8 Å². The van der Waals surface area contributed by atoms with Crippen LogP contribution >= 0.6 is 0 Å². The van der Waals surface area contributed by atoms with E-state index in [9.17, 15) is 0 Å². The molecule has 1 rings (SSSR count). The summed E-state index contributed by atoms with van der Waals surface area (Å²) in [6.07, 6.45) is 0. The molecule has 0 fully saturated rings. The van der Waals surface area contributed by atoms with Gasteiger partial charge in [0, 0.05) is 0 Å². The molecule has 0 saturated heterocycles. The molecule has 0 heterocycles. The van der Waals surface area contributed by atoms with Crippen LogP contribution in [0.2, 0.25) is 0 Å². The number of hydrogen-bond donors (Lipinski definition) is 0. The van der Waals surface area contributed by atoms with Crippen LogP contribution in [0.1, 0.15) is 16.7 Å². The minimum atomic E-state index is 0. The molecule has 0 radical (unpaired) electrons. The summed E-state index contributed by atoms with van der Waals surface area (Å²) < 4.78 is 0. The predicted molar refractivity (Wildman–Crippen MR) is 40.7 cm³/mol. The van der Waals surface area contributed by atoms with Crippen molar-refractivity contribution in [2.75, 3.05) is 0 Å². The maximum atomic E-state index is 2.19. The zero-order valence-corrected chi connectivity index (χ0v) is 8.32. The van der Waals surface area contributed by atoms with Gasteiger partial charge in [-0.1, -0.05) is 34.9 Å². The molecule has 0 saturated carbocycles. The van der Waals surface area contributed by atoms with Gasteiger partial charge in [0.1, 0.15) is 0 Å². The topological polar surface area (TPSA) is 0 Å². The van der Waals surface area contributed by atoms with Gasteiger partial charge in [0.25, 0.3) is 0 Å². The summed E-state index contributed by atoms with van der Waals surface area (Å²) in [7, 11) is 0. The van der Waals surface area contributed by atoms with Crippen molar-refractivity contribution < 1.29 is 19.5 Å². The van der Waals surface area contributed by atoms with Crippen LogP contribution < -0.4 is 0 Å². The molecule has 0 aliphatic heterocycles. The Labute approximate surface area is 75.4 Å². The molecule has 0 amide bonds. The Morgan fingerprint density at radius 2 is 0.900 bits per heavy atom. The normalized spacial score (nSPS) is 8.70. The molecule has 1 aromatic rings. The van der Waals surface area contributed by atoms with Gasteiger partial charge in [-0.2, -0.15) is 0 Å². The van der Waals surface area contributed by atoms with E-state index in [1.54, 1.807) is 0 Å². The summed E-state index contributed by atoms with van der Waals surface area (Å²) >= 11 is 0. The fourth-order valence-electron chi connectivity index (χ4n) is 1.20. The van der Waals surface area contributed by atoms with Crippen molar-refractivity contribution in [1.29, 1.82) is 0 Å². The zero-order chi connectivity index (χ0) is 6.85. The second-order valence-corrected chi connectivity index (χ2v) is 2.67. The largest absolute Gasteiger partial charge is 2.00 e. The zero-order valence-electron chi connectivity index (χ0n) is 6.59. The van der Waals surface area contributed by atoms with E-state index in [1.807, 2.05) is 0 Å². The fourth-order valence-corrected chi connectivity index (χ4v) is 1.20. The molecule has 0 aliphatic carbocycles. The number of aryl methyl sites for hydroxylation is 3. The standard InChI is InChI=1S/C9H12.Ru/c1-7-4-8(2)6-9(3)5-7;/h4-6H,1-3H3;/q;+2. The van der Waals surface area contributed by atoms with Gasteiger partial charge in [0.05, 0.1) is 0 Å². The molecule has 1 heteroatoms. The van der Waals surface area contributed by atoms with Crippen LogP contribution in [0.5, 0.6) is 0 Å². The molecular formula is C9H12Ru+2. The van der Waals surface area contributed by atoms with Crippen molar-refractivity contribution in [3.05, 3.63) is 34.9 Å². The predicted octanol–water partition coefficient (Wildman–Crippen LogP) is 2.61. The van der Waals surface area contributed by atoms with Crippen molar-refractivity contribution in [3.8, 4) is 0 Å². The van der Waals surface area contributed by atoms with E-state index in [1.165, 1.54) is 16.7 Å². The first-order chi connectivity index (χ1) is 4.18. The Bertz CT molecular complexity index is 165. The smallest absolute Gasteiger partial charge is 0.0564 e. The maximum Gasteiger partial charge on any atom is 2.00 e. The summed E-state index contributed by atoms with van der Waals surface area (Å²) in [4.78, 5) is 0. The average molecular weight is 221 g/mol. The molecule has 0 aliphatic rings. The van der Waals surface area contributed by atoms with E-state index >= 15 is 0 Å². The third-order valence-electron chi connectivity index (χ3n) is 1.37. The van der Waals surface area contributed by atoms with Crippen molar-refractivity contribution in [2.24, 2.45) is 0 Å². The number of hydrogen-bond acceptors (Lipinski definition) is 0. The fraction of sp³-hybridized carbons (Fsp3) is 0.333. The van der Waals surface area contributed by atoms with Crippen LogP contribution in [0.3, 0.4) is 0 Å². The second kappa shape index (κ2) is 3.88. The van der Waals surface area contributed by atoms with E-state index in [0.29, 0.717) is 0 Å². The van der Waals surface area contributed by atoms with E-state index in [-0.39, 0.29) is 19.5 Å². The third kappa shape index (κ3) is 2.62. The minimum absolute atomic E-state index is 0. The van der Waals surface area contributed by atoms with Crippen molar-refractivity contribution >= 4 is 0 Å². The molecular weight excluding hydrogens is 209 g/mol. The van der Waals surface area contributed by atoms with Gasteiger partial charge in [-0.25, -0.2) is 0 Å². The van der Waals surface area contributed by atoms with Crippen LogP contribution in [0.25, 0.3) is 0 Å². The Hall–Kier alpha value is -0.157. The molecule has 0 aromatic heterocycles. The first-order valence-electron chi connectivity index (χ1n) is 3.23. The van der Waals surface area contributed by atoms with Gasteiger partial charge in [-0.3, -0.25) is 0 Å². The number of benzene rings is 1. The van der Waals surface area contributed by atoms with Crippen LogP contribution in [0.15, 0.2) is 18.2 Å². The maximum absolute atomic E-state index is 2.19. The Morgan fingerprint density at radius 3 is 1.10 bits per heavy atom. The average Bonchev–Trinajstić information content (AvgIpc) is 1.59. The van der Waals surface area contributed by atoms with E-state index < -0.39 is 0 Å². The molecule has 1 aromatic carbocycles. The second-order valence-electron chi connectivity index (χ2n) is 2.67. The Kier molecular flexibility index (Phi) is 3.82. The van der Waals surface area contributed by atoms with Gasteiger partial charge in [0.2, 0.25) is 0 Å². The van der Waals surface area contributed by atoms with E-state index in [4.69, 9.17) is 0 Å². The molecule has 10 heavy (non-hydrogen) atoms. The first kappa shape index (κ1) is 9.84. The quantitative estimate of drug-likeness (QED) is 0.591. The summed E-state index contributed by atoms with van der Waals surface area (Å²) in [6.45, 7) is 6.38. The van der Waals surface area contributed by atoms with Crippen molar-refractivity contribution in [1.82, 2.24) is 0 Å². The van der Waals surface area contributed by atoms with Gasteiger partial charge >= 0.3 is 19.5 Å². The Balaban J connectivity index is 0.000000810. The van der Waals surface area contributed by atoms with Crippen molar-refractivity contribution in [2.45, 2.75) is 20.8 Å². The molecule has 0 atom stereocenters. The van der Waals surface area contributed by atoms with Crippen LogP contribution in [-0.4, -0.2) is 0 Å². The molecule has 0 spiro atoms. The minimum Gasteiger partial charge on any atom is -0.0564 e. The monoisotopic (exact) mass is 222 g/mol. The Morgan fingerprint density at radius 1 is 0.700 bits per heavy atom. The van der Waals surface area contributed by atoms with Crippen molar-refractivity contribution in [3.63, 3.8) is 0 Å². The molecule has 0 unspecified atom stereocenters. The number of rotatable bonds is 0.